The van der Waals surface area contributed by atoms with Crippen LogP contribution in [0.5, 0.6) is 0 Å². The summed E-state index contributed by atoms with van der Waals surface area (Å²) in [6.07, 6.45) is 0. The fraction of sp³-hybridized carbons (Fsp3) is 1.00. The van der Waals surface area contributed by atoms with E-state index in [1.54, 1.807) is 11.9 Å². The maximum Gasteiger partial charge on any atom is 0.269 e. The highest BCUT2D eigenvalue weighted by Crippen LogP contribution is 2.26. The second-order valence-electron chi connectivity index (χ2n) is 2.35. The lowest BCUT2D eigenvalue weighted by molar-refractivity contribution is -0.00424. The van der Waals surface area contributed by atoms with Gasteiger partial charge in [-0.05, 0) is 7.05 Å². The number of hydrogen-bond donors (Lipinski definition) is 0. The average Bonchev–Trinajstić information content (AvgIpc) is 1.60. The van der Waals surface area contributed by atoms with Crippen molar-refractivity contribution in [1.82, 2.24) is 4.90 Å². The summed E-state index contributed by atoms with van der Waals surface area (Å²) < 4.78 is 24.8. The Bertz CT molecular complexity index is 107. The van der Waals surface area contributed by atoms with Crippen LogP contribution in [-0.4, -0.2) is 36.0 Å². The topological polar surface area (TPSA) is 3.24 Å². The van der Waals surface area contributed by atoms with Crippen molar-refractivity contribution in [1.29, 1.82) is 0 Å². The Hall–Kier alpha value is 0.170. The number of thioether (sulfide) groups is 1. The summed E-state index contributed by atoms with van der Waals surface area (Å²) in [5.74, 6) is -1.75. The Kier molecular flexibility index (Phi) is 1.96. The summed E-state index contributed by atoms with van der Waals surface area (Å²) in [5.41, 5.74) is 0. The van der Waals surface area contributed by atoms with E-state index < -0.39 is 5.92 Å². The van der Waals surface area contributed by atoms with Crippen molar-refractivity contribution in [2.45, 2.75) is 5.92 Å². The van der Waals surface area contributed by atoms with Gasteiger partial charge in [-0.15, -0.1) is 11.8 Å². The van der Waals surface area contributed by atoms with E-state index in [2.05, 4.69) is 0 Å². The van der Waals surface area contributed by atoms with Crippen LogP contribution in [-0.2, 0) is 0 Å². The van der Waals surface area contributed by atoms with Gasteiger partial charge in [0.05, 0.1) is 12.3 Å². The molecule has 0 unspecified atom stereocenters. The summed E-state index contributed by atoms with van der Waals surface area (Å²) in [4.78, 5) is 1.63. The molecule has 1 aliphatic heterocycles. The van der Waals surface area contributed by atoms with Crippen molar-refractivity contribution < 1.29 is 8.78 Å². The zero-order chi connectivity index (χ0) is 6.91. The van der Waals surface area contributed by atoms with Crippen LogP contribution in [0.15, 0.2) is 0 Å². The minimum Gasteiger partial charge on any atom is -0.291 e. The Morgan fingerprint density at radius 2 is 2.22 bits per heavy atom. The Morgan fingerprint density at radius 1 is 1.56 bits per heavy atom. The SMILES string of the molecule is CN1CSCC(F)(F)C1. The molecule has 0 aromatic carbocycles. The van der Waals surface area contributed by atoms with Crippen LogP contribution in [0.4, 0.5) is 8.78 Å². The van der Waals surface area contributed by atoms with Gasteiger partial charge in [0, 0.05) is 5.88 Å². The first-order valence-corrected chi connectivity index (χ1v) is 3.90. The normalized spacial score (nSPS) is 28.3. The quantitative estimate of drug-likeness (QED) is 0.515. The maximum absolute atomic E-state index is 12.4. The van der Waals surface area contributed by atoms with Crippen molar-refractivity contribution in [2.75, 3.05) is 25.2 Å². The highest BCUT2D eigenvalue weighted by molar-refractivity contribution is 7.99. The fourth-order valence-corrected chi connectivity index (χ4v) is 1.72. The van der Waals surface area contributed by atoms with Crippen molar-refractivity contribution >= 4 is 11.8 Å². The standard InChI is InChI=1S/C5H9F2NS/c1-8-2-5(6,7)3-9-4-8/h2-4H2,1H3. The minimum atomic E-state index is -2.46. The molecule has 0 bridgehead atoms. The minimum absolute atomic E-state index is 0.0165. The van der Waals surface area contributed by atoms with Crippen molar-refractivity contribution in [3.63, 3.8) is 0 Å². The van der Waals surface area contributed by atoms with E-state index in [9.17, 15) is 8.78 Å². The molecule has 0 aromatic heterocycles. The molecular weight excluding hydrogens is 144 g/mol. The van der Waals surface area contributed by atoms with Gasteiger partial charge in [-0.2, -0.15) is 0 Å². The molecule has 1 nitrogen and oxygen atoms in total. The molecular formula is C5H9F2NS. The zero-order valence-electron chi connectivity index (χ0n) is 5.23. The van der Waals surface area contributed by atoms with Crippen LogP contribution in [0.2, 0.25) is 0 Å². The van der Waals surface area contributed by atoms with Gasteiger partial charge in [0.15, 0.2) is 0 Å². The van der Waals surface area contributed by atoms with E-state index in [0.717, 1.165) is 5.88 Å². The number of nitrogens with zero attached hydrogens (tertiary/aromatic N) is 1. The van der Waals surface area contributed by atoms with Crippen LogP contribution < -0.4 is 0 Å². The Balaban J connectivity index is 2.41. The molecule has 1 rings (SSSR count). The van der Waals surface area contributed by atoms with Gasteiger partial charge in [-0.3, -0.25) is 4.90 Å². The molecule has 0 aliphatic carbocycles. The third-order valence-corrected chi connectivity index (χ3v) is 2.38. The molecule has 0 aromatic rings. The second kappa shape index (κ2) is 2.42. The lowest BCUT2D eigenvalue weighted by Crippen LogP contribution is -2.40. The number of alkyl halides is 2. The summed E-state index contributed by atoms with van der Waals surface area (Å²) >= 11 is 1.29. The summed E-state index contributed by atoms with van der Waals surface area (Å²) in [6, 6.07) is 0. The maximum atomic E-state index is 12.4. The van der Waals surface area contributed by atoms with Crippen molar-refractivity contribution in [3.05, 3.63) is 0 Å². The van der Waals surface area contributed by atoms with Crippen LogP contribution in [0.25, 0.3) is 0 Å². The third kappa shape index (κ3) is 2.10. The smallest absolute Gasteiger partial charge is 0.269 e. The average molecular weight is 153 g/mol. The number of hydrogen-bond acceptors (Lipinski definition) is 2. The highest BCUT2D eigenvalue weighted by Gasteiger charge is 2.33. The van der Waals surface area contributed by atoms with E-state index in [1.807, 2.05) is 0 Å². The number of halogens is 2. The zero-order valence-corrected chi connectivity index (χ0v) is 6.05. The van der Waals surface area contributed by atoms with Gasteiger partial charge < -0.3 is 0 Å². The van der Waals surface area contributed by atoms with Crippen LogP contribution in [0, 0.1) is 0 Å². The number of rotatable bonds is 0. The molecule has 1 heterocycles. The molecule has 0 saturated carbocycles. The van der Waals surface area contributed by atoms with Gasteiger partial charge in [-0.1, -0.05) is 0 Å². The van der Waals surface area contributed by atoms with E-state index in [0.29, 0.717) is 0 Å². The van der Waals surface area contributed by atoms with E-state index >= 15 is 0 Å². The first kappa shape index (κ1) is 7.28. The molecule has 4 heteroatoms. The molecule has 1 saturated heterocycles. The van der Waals surface area contributed by atoms with Crippen LogP contribution in [0.3, 0.4) is 0 Å². The van der Waals surface area contributed by atoms with Crippen molar-refractivity contribution in [2.24, 2.45) is 0 Å². The molecule has 54 valence electrons. The van der Waals surface area contributed by atoms with Crippen molar-refractivity contribution in [3.8, 4) is 0 Å². The Morgan fingerprint density at radius 3 is 2.56 bits per heavy atom. The fourth-order valence-electron chi connectivity index (χ4n) is 0.837. The lowest BCUT2D eigenvalue weighted by Gasteiger charge is -2.28. The molecule has 0 spiro atoms. The molecule has 0 amide bonds. The van der Waals surface area contributed by atoms with Gasteiger partial charge in [-0.25, -0.2) is 8.78 Å². The summed E-state index contributed by atoms with van der Waals surface area (Å²) in [6.45, 7) is -0.0833. The van der Waals surface area contributed by atoms with Crippen LogP contribution >= 0.6 is 11.8 Å². The van der Waals surface area contributed by atoms with Crippen LogP contribution in [0.1, 0.15) is 0 Å². The predicted octanol–water partition coefficient (Wildman–Crippen LogP) is 1.26. The monoisotopic (exact) mass is 153 g/mol. The largest absolute Gasteiger partial charge is 0.291 e. The molecule has 0 radical (unpaired) electrons. The van der Waals surface area contributed by atoms with Gasteiger partial charge >= 0.3 is 0 Å². The van der Waals surface area contributed by atoms with Gasteiger partial charge in [0.25, 0.3) is 5.92 Å². The molecule has 1 fully saturated rings. The Labute approximate surface area is 57.4 Å². The predicted molar refractivity (Wildman–Crippen MR) is 34.9 cm³/mol. The highest BCUT2D eigenvalue weighted by atomic mass is 32.2. The van der Waals surface area contributed by atoms with E-state index in [-0.39, 0.29) is 12.3 Å². The molecule has 1 aliphatic rings. The molecule has 0 N–H and O–H groups in total. The van der Waals surface area contributed by atoms with E-state index in [1.165, 1.54) is 11.8 Å². The lowest BCUT2D eigenvalue weighted by atomic mass is 10.4. The van der Waals surface area contributed by atoms with Gasteiger partial charge in [0.2, 0.25) is 0 Å². The molecule has 0 atom stereocenters. The first-order valence-electron chi connectivity index (χ1n) is 2.74. The first-order chi connectivity index (χ1) is 4.10. The van der Waals surface area contributed by atoms with Gasteiger partial charge in [0.1, 0.15) is 0 Å². The summed E-state index contributed by atoms with van der Waals surface area (Å²) in [7, 11) is 1.71. The molecule has 9 heavy (non-hydrogen) atoms. The second-order valence-corrected chi connectivity index (χ2v) is 3.30. The summed E-state index contributed by atoms with van der Waals surface area (Å²) in [5, 5.41) is 0. The van der Waals surface area contributed by atoms with E-state index in [4.69, 9.17) is 0 Å². The third-order valence-electron chi connectivity index (χ3n) is 1.13.